The molecule has 1 aromatic carbocycles. The van der Waals surface area contributed by atoms with E-state index in [1.807, 2.05) is 12.1 Å². The molecular weight excluding hydrogens is 286 g/mol. The Bertz CT molecular complexity index is 630. The van der Waals surface area contributed by atoms with Crippen molar-refractivity contribution in [3.63, 3.8) is 0 Å². The Labute approximate surface area is 126 Å². The zero-order valence-electron chi connectivity index (χ0n) is 10.8. The van der Waals surface area contributed by atoms with E-state index in [2.05, 4.69) is 40.3 Å². The van der Waals surface area contributed by atoms with Crippen LogP contribution in [0.4, 0.5) is 5.69 Å². The largest absolute Gasteiger partial charge is 0.508 e. The van der Waals surface area contributed by atoms with E-state index in [0.29, 0.717) is 5.75 Å². The third-order valence-electron chi connectivity index (χ3n) is 3.08. The average Bonchev–Trinajstić information content (AvgIpc) is 3.12. The molecule has 0 aliphatic carbocycles. The molecule has 0 amide bonds. The summed E-state index contributed by atoms with van der Waals surface area (Å²) in [6, 6.07) is 16.0. The lowest BCUT2D eigenvalue weighted by atomic mass is 10.1. The van der Waals surface area contributed by atoms with Gasteiger partial charge in [-0.2, -0.15) is 0 Å². The standard InChI is InChI=1S/C16H15NOS2/c18-13-7-5-12(6-8-13)17-15(16-4-2-10-20-16)11-14-3-1-9-19-14/h1-10,15,17-18H,11H2. The normalized spacial score (nSPS) is 12.2. The number of phenolic OH excluding ortho intramolecular Hbond substituents is 1. The van der Waals surface area contributed by atoms with Crippen molar-refractivity contribution in [1.82, 2.24) is 0 Å². The van der Waals surface area contributed by atoms with Crippen molar-refractivity contribution in [2.45, 2.75) is 12.5 Å². The highest BCUT2D eigenvalue weighted by molar-refractivity contribution is 7.10. The van der Waals surface area contributed by atoms with Crippen LogP contribution in [0.25, 0.3) is 0 Å². The van der Waals surface area contributed by atoms with Crippen LogP contribution in [-0.2, 0) is 6.42 Å². The first kappa shape index (κ1) is 13.2. The van der Waals surface area contributed by atoms with E-state index in [1.165, 1.54) is 9.75 Å². The van der Waals surface area contributed by atoms with Gasteiger partial charge in [0.15, 0.2) is 0 Å². The van der Waals surface area contributed by atoms with Crippen LogP contribution in [-0.4, -0.2) is 5.11 Å². The molecule has 0 aliphatic rings. The Morgan fingerprint density at radius 3 is 2.35 bits per heavy atom. The van der Waals surface area contributed by atoms with Gasteiger partial charge in [0, 0.05) is 21.9 Å². The minimum Gasteiger partial charge on any atom is -0.508 e. The first-order valence-electron chi connectivity index (χ1n) is 6.42. The second kappa shape index (κ2) is 6.11. The van der Waals surface area contributed by atoms with E-state index >= 15 is 0 Å². The molecule has 20 heavy (non-hydrogen) atoms. The Morgan fingerprint density at radius 1 is 0.950 bits per heavy atom. The summed E-state index contributed by atoms with van der Waals surface area (Å²) >= 11 is 3.55. The highest BCUT2D eigenvalue weighted by Crippen LogP contribution is 2.29. The SMILES string of the molecule is Oc1ccc(NC(Cc2cccs2)c2cccs2)cc1. The molecule has 2 aromatic heterocycles. The van der Waals surface area contributed by atoms with E-state index in [4.69, 9.17) is 0 Å². The second-order valence-electron chi connectivity index (χ2n) is 4.54. The minimum absolute atomic E-state index is 0.262. The van der Waals surface area contributed by atoms with Crippen LogP contribution in [0.5, 0.6) is 5.75 Å². The molecule has 2 heterocycles. The fourth-order valence-electron chi connectivity index (χ4n) is 2.10. The van der Waals surface area contributed by atoms with Crippen molar-refractivity contribution >= 4 is 28.4 Å². The van der Waals surface area contributed by atoms with Crippen molar-refractivity contribution in [3.05, 3.63) is 69.0 Å². The lowest BCUT2D eigenvalue weighted by Crippen LogP contribution is -2.11. The Balaban J connectivity index is 1.80. The maximum atomic E-state index is 9.36. The first-order valence-corrected chi connectivity index (χ1v) is 8.18. The molecule has 0 saturated carbocycles. The predicted octanol–water partition coefficient (Wildman–Crippen LogP) is 4.91. The summed E-state index contributed by atoms with van der Waals surface area (Å²) in [5.74, 6) is 0.293. The molecule has 0 fully saturated rings. The van der Waals surface area contributed by atoms with Gasteiger partial charge in [-0.3, -0.25) is 0 Å². The summed E-state index contributed by atoms with van der Waals surface area (Å²) in [7, 11) is 0. The summed E-state index contributed by atoms with van der Waals surface area (Å²) in [6.07, 6.45) is 0.971. The van der Waals surface area contributed by atoms with E-state index < -0.39 is 0 Å². The molecule has 2 nitrogen and oxygen atoms in total. The van der Waals surface area contributed by atoms with Crippen LogP contribution in [0, 0.1) is 0 Å². The third-order valence-corrected chi connectivity index (χ3v) is 4.96. The molecule has 0 radical (unpaired) electrons. The van der Waals surface area contributed by atoms with Crippen LogP contribution in [0.2, 0.25) is 0 Å². The molecule has 102 valence electrons. The maximum absolute atomic E-state index is 9.36. The van der Waals surface area contributed by atoms with Gasteiger partial charge in [-0.05, 0) is 47.2 Å². The fraction of sp³-hybridized carbons (Fsp3) is 0.125. The van der Waals surface area contributed by atoms with Crippen LogP contribution in [0.3, 0.4) is 0 Å². The zero-order chi connectivity index (χ0) is 13.8. The van der Waals surface area contributed by atoms with Gasteiger partial charge in [0.1, 0.15) is 5.75 Å². The monoisotopic (exact) mass is 301 g/mol. The molecule has 0 spiro atoms. The van der Waals surface area contributed by atoms with Gasteiger partial charge < -0.3 is 10.4 Å². The minimum atomic E-state index is 0.262. The number of thiophene rings is 2. The quantitative estimate of drug-likeness (QED) is 0.656. The molecule has 3 rings (SSSR count). The first-order chi connectivity index (χ1) is 9.81. The highest BCUT2D eigenvalue weighted by atomic mass is 32.1. The van der Waals surface area contributed by atoms with Gasteiger partial charge in [0.25, 0.3) is 0 Å². The van der Waals surface area contributed by atoms with Gasteiger partial charge in [0.05, 0.1) is 6.04 Å². The number of benzene rings is 1. The second-order valence-corrected chi connectivity index (χ2v) is 6.55. The van der Waals surface area contributed by atoms with Gasteiger partial charge in [-0.25, -0.2) is 0 Å². The van der Waals surface area contributed by atoms with E-state index in [9.17, 15) is 5.11 Å². The van der Waals surface area contributed by atoms with E-state index in [1.54, 1.807) is 34.8 Å². The maximum Gasteiger partial charge on any atom is 0.115 e. The van der Waals surface area contributed by atoms with E-state index in [0.717, 1.165) is 12.1 Å². The Kier molecular flexibility index (Phi) is 4.04. The van der Waals surface area contributed by atoms with Gasteiger partial charge >= 0.3 is 0 Å². The molecule has 1 unspecified atom stereocenters. The molecule has 0 bridgehead atoms. The third kappa shape index (κ3) is 3.21. The van der Waals surface area contributed by atoms with Gasteiger partial charge in [0.2, 0.25) is 0 Å². The van der Waals surface area contributed by atoms with Crippen molar-refractivity contribution in [2.75, 3.05) is 5.32 Å². The number of hydrogen-bond donors (Lipinski definition) is 2. The Morgan fingerprint density at radius 2 is 1.70 bits per heavy atom. The van der Waals surface area contributed by atoms with E-state index in [-0.39, 0.29) is 6.04 Å². The highest BCUT2D eigenvalue weighted by Gasteiger charge is 2.14. The molecule has 4 heteroatoms. The van der Waals surface area contributed by atoms with Crippen LogP contribution < -0.4 is 5.32 Å². The number of hydrogen-bond acceptors (Lipinski definition) is 4. The summed E-state index contributed by atoms with van der Waals surface area (Å²) in [5, 5.41) is 17.1. The molecular formula is C16H15NOS2. The average molecular weight is 301 g/mol. The molecule has 0 aliphatic heterocycles. The fourth-order valence-corrected chi connectivity index (χ4v) is 3.63. The van der Waals surface area contributed by atoms with Crippen LogP contribution >= 0.6 is 22.7 Å². The van der Waals surface area contributed by atoms with Gasteiger partial charge in [-0.15, -0.1) is 22.7 Å². The smallest absolute Gasteiger partial charge is 0.115 e. The van der Waals surface area contributed by atoms with Crippen molar-refractivity contribution < 1.29 is 5.11 Å². The zero-order valence-corrected chi connectivity index (χ0v) is 12.5. The lowest BCUT2D eigenvalue weighted by molar-refractivity contribution is 0.475. The summed E-state index contributed by atoms with van der Waals surface area (Å²) in [4.78, 5) is 2.70. The number of rotatable bonds is 5. The van der Waals surface area contributed by atoms with Crippen molar-refractivity contribution in [1.29, 1.82) is 0 Å². The number of anilines is 1. The van der Waals surface area contributed by atoms with Gasteiger partial charge in [-0.1, -0.05) is 12.1 Å². The lowest BCUT2D eigenvalue weighted by Gasteiger charge is -2.18. The molecule has 1 atom stereocenters. The number of phenols is 1. The number of nitrogens with one attached hydrogen (secondary N) is 1. The summed E-state index contributed by atoms with van der Waals surface area (Å²) in [6.45, 7) is 0. The summed E-state index contributed by atoms with van der Waals surface area (Å²) in [5.41, 5.74) is 1.03. The predicted molar refractivity (Wildman–Crippen MR) is 86.8 cm³/mol. The molecule has 3 aromatic rings. The number of aromatic hydroxyl groups is 1. The van der Waals surface area contributed by atoms with Crippen LogP contribution in [0.15, 0.2) is 59.3 Å². The van der Waals surface area contributed by atoms with Crippen LogP contribution in [0.1, 0.15) is 15.8 Å². The molecule has 0 saturated heterocycles. The van der Waals surface area contributed by atoms with Crippen molar-refractivity contribution in [3.8, 4) is 5.75 Å². The van der Waals surface area contributed by atoms with Crippen molar-refractivity contribution in [2.24, 2.45) is 0 Å². The summed E-state index contributed by atoms with van der Waals surface area (Å²) < 4.78 is 0. The molecule has 2 N–H and O–H groups in total. The Hall–Kier alpha value is -1.78. The topological polar surface area (TPSA) is 32.3 Å².